The fraction of sp³-hybridized carbons (Fsp3) is 0.588. The predicted molar refractivity (Wildman–Crippen MR) is 87.4 cm³/mol. The molecule has 1 saturated carbocycles. The Morgan fingerprint density at radius 1 is 1.13 bits per heavy atom. The molecule has 0 unspecified atom stereocenters. The van der Waals surface area contributed by atoms with Crippen molar-refractivity contribution in [1.82, 2.24) is 0 Å². The number of hydrogen-bond donors (Lipinski definition) is 0. The van der Waals surface area contributed by atoms with Crippen molar-refractivity contribution in [2.24, 2.45) is 5.92 Å². The van der Waals surface area contributed by atoms with Gasteiger partial charge in [-0.3, -0.25) is 4.79 Å². The first-order valence-electron chi connectivity index (χ1n) is 8.31. The SMILES string of the molecule is O=C1C[C@@H]2CS(=O)(=O)C[C@@H]2N1c1cccc(OC2CCCC2)c1. The second-order valence-electron chi connectivity index (χ2n) is 6.89. The highest BCUT2D eigenvalue weighted by atomic mass is 32.2. The van der Waals surface area contributed by atoms with Crippen LogP contribution >= 0.6 is 0 Å². The van der Waals surface area contributed by atoms with E-state index in [0.29, 0.717) is 6.42 Å². The predicted octanol–water partition coefficient (Wildman–Crippen LogP) is 2.16. The van der Waals surface area contributed by atoms with Crippen molar-refractivity contribution in [3.8, 4) is 5.75 Å². The Hall–Kier alpha value is -1.56. The minimum Gasteiger partial charge on any atom is -0.490 e. The number of carbonyl (C=O) groups is 1. The minimum absolute atomic E-state index is 0.0212. The molecule has 0 bridgehead atoms. The zero-order chi connectivity index (χ0) is 16.0. The lowest BCUT2D eigenvalue weighted by molar-refractivity contribution is -0.117. The highest BCUT2D eigenvalue weighted by Gasteiger charge is 2.49. The second kappa shape index (κ2) is 5.51. The average Bonchev–Trinajstić information content (AvgIpc) is 3.14. The van der Waals surface area contributed by atoms with Crippen molar-refractivity contribution in [3.63, 3.8) is 0 Å². The van der Waals surface area contributed by atoms with E-state index in [-0.39, 0.29) is 35.5 Å². The van der Waals surface area contributed by atoms with Gasteiger partial charge in [0.15, 0.2) is 9.84 Å². The molecular weight excluding hydrogens is 314 g/mol. The molecule has 0 aromatic heterocycles. The van der Waals surface area contributed by atoms with Gasteiger partial charge in [0.2, 0.25) is 5.91 Å². The molecule has 1 amide bonds. The number of benzene rings is 1. The van der Waals surface area contributed by atoms with E-state index in [9.17, 15) is 13.2 Å². The molecule has 3 fully saturated rings. The Morgan fingerprint density at radius 2 is 1.91 bits per heavy atom. The molecule has 2 atom stereocenters. The third kappa shape index (κ3) is 2.84. The molecular formula is C17H21NO4S. The molecule has 4 rings (SSSR count). The molecule has 1 aliphatic carbocycles. The highest BCUT2D eigenvalue weighted by Crippen LogP contribution is 2.38. The van der Waals surface area contributed by atoms with E-state index in [1.807, 2.05) is 24.3 Å². The Kier molecular flexibility index (Phi) is 3.59. The van der Waals surface area contributed by atoms with Gasteiger partial charge in [-0.25, -0.2) is 8.42 Å². The maximum absolute atomic E-state index is 12.3. The molecule has 0 radical (unpaired) electrons. The van der Waals surface area contributed by atoms with E-state index in [0.717, 1.165) is 24.3 Å². The monoisotopic (exact) mass is 335 g/mol. The number of fused-ring (bicyclic) bond motifs is 1. The third-order valence-corrected chi connectivity index (χ3v) is 6.96. The number of rotatable bonds is 3. The largest absolute Gasteiger partial charge is 0.490 e. The number of carbonyl (C=O) groups excluding carboxylic acids is 1. The molecule has 2 aliphatic heterocycles. The van der Waals surface area contributed by atoms with Crippen molar-refractivity contribution in [1.29, 1.82) is 0 Å². The summed E-state index contributed by atoms with van der Waals surface area (Å²) in [4.78, 5) is 14.0. The van der Waals surface area contributed by atoms with Crippen LogP contribution in [0, 0.1) is 5.92 Å². The van der Waals surface area contributed by atoms with Crippen molar-refractivity contribution in [3.05, 3.63) is 24.3 Å². The first-order chi connectivity index (χ1) is 11.0. The van der Waals surface area contributed by atoms with E-state index >= 15 is 0 Å². The van der Waals surface area contributed by atoms with Crippen LogP contribution in [0.4, 0.5) is 5.69 Å². The molecule has 1 aromatic rings. The minimum atomic E-state index is -3.02. The number of ether oxygens (including phenoxy) is 1. The van der Waals surface area contributed by atoms with Crippen LogP contribution in [0.25, 0.3) is 0 Å². The van der Waals surface area contributed by atoms with Crippen LogP contribution in [0.2, 0.25) is 0 Å². The topological polar surface area (TPSA) is 63.7 Å². The zero-order valence-electron chi connectivity index (χ0n) is 13.0. The number of sulfone groups is 1. The highest BCUT2D eigenvalue weighted by molar-refractivity contribution is 7.91. The lowest BCUT2D eigenvalue weighted by Crippen LogP contribution is -2.36. The van der Waals surface area contributed by atoms with Crippen LogP contribution in [-0.4, -0.2) is 38.0 Å². The summed E-state index contributed by atoms with van der Waals surface area (Å²) in [7, 11) is -3.02. The molecule has 0 N–H and O–H groups in total. The van der Waals surface area contributed by atoms with Gasteiger partial charge >= 0.3 is 0 Å². The Labute approximate surface area is 136 Å². The summed E-state index contributed by atoms with van der Waals surface area (Å²) in [5, 5.41) is 0. The standard InChI is InChI=1S/C17H21NO4S/c19-17-8-12-10-23(20,21)11-16(12)18(17)13-4-3-7-15(9-13)22-14-5-1-2-6-14/h3-4,7,9,12,14,16H,1-2,5-6,8,10-11H2/t12-,16+/m1/s1. The van der Waals surface area contributed by atoms with E-state index in [1.165, 1.54) is 12.8 Å². The first kappa shape index (κ1) is 15.0. The zero-order valence-corrected chi connectivity index (χ0v) is 13.8. The molecule has 1 aromatic carbocycles. The van der Waals surface area contributed by atoms with E-state index < -0.39 is 9.84 Å². The molecule has 2 saturated heterocycles. The lowest BCUT2D eigenvalue weighted by Gasteiger charge is -2.24. The first-order valence-corrected chi connectivity index (χ1v) is 10.1. The average molecular weight is 335 g/mol. The number of amides is 1. The summed E-state index contributed by atoms with van der Waals surface area (Å²) >= 11 is 0. The summed E-state index contributed by atoms with van der Waals surface area (Å²) in [6.45, 7) is 0. The number of nitrogens with zero attached hydrogens (tertiary/aromatic N) is 1. The van der Waals surface area contributed by atoms with Crippen LogP contribution in [0.1, 0.15) is 32.1 Å². The number of anilines is 1. The molecule has 2 heterocycles. The van der Waals surface area contributed by atoms with Gasteiger partial charge in [-0.05, 0) is 37.8 Å². The van der Waals surface area contributed by atoms with Crippen molar-refractivity contribution >= 4 is 21.4 Å². The summed E-state index contributed by atoms with van der Waals surface area (Å²) in [6, 6.07) is 7.32. The molecule has 124 valence electrons. The third-order valence-electron chi connectivity index (χ3n) is 5.17. The summed E-state index contributed by atoms with van der Waals surface area (Å²) < 4.78 is 29.7. The van der Waals surface area contributed by atoms with Gasteiger partial charge in [-0.2, -0.15) is 0 Å². The van der Waals surface area contributed by atoms with Gasteiger partial charge in [0.25, 0.3) is 0 Å². The summed E-state index contributed by atoms with van der Waals surface area (Å²) in [5.41, 5.74) is 0.759. The fourth-order valence-electron chi connectivity index (χ4n) is 4.13. The quantitative estimate of drug-likeness (QED) is 0.849. The maximum atomic E-state index is 12.3. The van der Waals surface area contributed by atoms with Crippen molar-refractivity contribution in [2.75, 3.05) is 16.4 Å². The van der Waals surface area contributed by atoms with Crippen LogP contribution in [0.15, 0.2) is 24.3 Å². The maximum Gasteiger partial charge on any atom is 0.227 e. The van der Waals surface area contributed by atoms with Gasteiger partial charge < -0.3 is 9.64 Å². The van der Waals surface area contributed by atoms with Gasteiger partial charge in [-0.15, -0.1) is 0 Å². The van der Waals surface area contributed by atoms with Crippen LogP contribution in [0.3, 0.4) is 0 Å². The van der Waals surface area contributed by atoms with Crippen LogP contribution in [0.5, 0.6) is 5.75 Å². The number of hydrogen-bond acceptors (Lipinski definition) is 4. The van der Waals surface area contributed by atoms with Gasteiger partial charge in [0.05, 0.1) is 23.7 Å². The Morgan fingerprint density at radius 3 is 2.70 bits per heavy atom. The van der Waals surface area contributed by atoms with Gasteiger partial charge in [0.1, 0.15) is 5.75 Å². The van der Waals surface area contributed by atoms with Crippen molar-refractivity contribution in [2.45, 2.75) is 44.2 Å². The molecule has 3 aliphatic rings. The molecule has 5 nitrogen and oxygen atoms in total. The van der Waals surface area contributed by atoms with E-state index in [2.05, 4.69) is 0 Å². The summed E-state index contributed by atoms with van der Waals surface area (Å²) in [6.07, 6.45) is 5.16. The lowest BCUT2D eigenvalue weighted by atomic mass is 10.0. The Balaban J connectivity index is 1.58. The van der Waals surface area contributed by atoms with Crippen LogP contribution in [-0.2, 0) is 14.6 Å². The van der Waals surface area contributed by atoms with E-state index in [4.69, 9.17) is 4.74 Å². The smallest absolute Gasteiger partial charge is 0.227 e. The van der Waals surface area contributed by atoms with Crippen LogP contribution < -0.4 is 9.64 Å². The fourth-order valence-corrected chi connectivity index (χ4v) is 6.20. The van der Waals surface area contributed by atoms with Gasteiger partial charge in [-0.1, -0.05) is 6.07 Å². The van der Waals surface area contributed by atoms with Crippen molar-refractivity contribution < 1.29 is 17.9 Å². The molecule has 23 heavy (non-hydrogen) atoms. The van der Waals surface area contributed by atoms with E-state index in [1.54, 1.807) is 4.90 Å². The second-order valence-corrected chi connectivity index (χ2v) is 9.05. The van der Waals surface area contributed by atoms with Gasteiger partial charge in [0, 0.05) is 24.1 Å². The molecule has 0 spiro atoms. The Bertz CT molecular complexity index is 724. The molecule has 6 heteroatoms. The summed E-state index contributed by atoms with van der Waals surface area (Å²) in [5.74, 6) is 0.946. The normalized spacial score (nSPS) is 29.9.